The van der Waals surface area contributed by atoms with Gasteiger partial charge in [0.1, 0.15) is 18.6 Å². The van der Waals surface area contributed by atoms with Crippen molar-refractivity contribution in [2.24, 2.45) is 0 Å². The minimum Gasteiger partial charge on any atom is -0.489 e. The number of rotatable bonds is 5. The molecule has 5 heterocycles. The Labute approximate surface area is 219 Å². The maximum atomic E-state index is 13.5. The summed E-state index contributed by atoms with van der Waals surface area (Å²) in [6.07, 6.45) is 9.68. The lowest BCUT2D eigenvalue weighted by atomic mass is 10.1. The third-order valence-electron chi connectivity index (χ3n) is 7.22. The molecular weight excluding hydrogens is 484 g/mol. The van der Waals surface area contributed by atoms with E-state index in [1.54, 1.807) is 10.9 Å². The van der Waals surface area contributed by atoms with Gasteiger partial charge < -0.3 is 24.3 Å². The molecule has 0 radical (unpaired) electrons. The largest absolute Gasteiger partial charge is 0.489 e. The first kappa shape index (κ1) is 22.9. The smallest absolute Gasteiger partial charge is 0.274 e. The molecule has 0 spiro atoms. The highest BCUT2D eigenvalue weighted by Crippen LogP contribution is 2.40. The number of para-hydroxylation sites is 1. The van der Waals surface area contributed by atoms with E-state index < -0.39 is 0 Å². The quantitative estimate of drug-likeness (QED) is 0.434. The zero-order chi connectivity index (χ0) is 25.6. The second-order valence-corrected chi connectivity index (χ2v) is 9.96. The van der Waals surface area contributed by atoms with E-state index in [0.29, 0.717) is 48.6 Å². The van der Waals surface area contributed by atoms with E-state index in [9.17, 15) is 4.79 Å². The van der Waals surface area contributed by atoms with Crippen molar-refractivity contribution in [2.75, 3.05) is 36.5 Å². The van der Waals surface area contributed by atoms with E-state index in [1.807, 2.05) is 35.2 Å². The lowest BCUT2D eigenvalue weighted by molar-refractivity contribution is 0.0532. The Morgan fingerprint density at radius 3 is 2.89 bits per heavy atom. The van der Waals surface area contributed by atoms with Crippen LogP contribution in [0.4, 0.5) is 11.4 Å². The second kappa shape index (κ2) is 9.25. The molecule has 3 aromatic heterocycles. The Bertz CT molecular complexity index is 1510. The van der Waals surface area contributed by atoms with Gasteiger partial charge in [-0.25, -0.2) is 19.6 Å². The summed E-state index contributed by atoms with van der Waals surface area (Å²) in [5.74, 6) is 1.50. The summed E-state index contributed by atoms with van der Waals surface area (Å²) >= 11 is 0. The van der Waals surface area contributed by atoms with Crippen LogP contribution in [-0.2, 0) is 11.3 Å². The van der Waals surface area contributed by atoms with Crippen LogP contribution in [0.5, 0.6) is 5.75 Å². The molecule has 0 unspecified atom stereocenters. The van der Waals surface area contributed by atoms with Crippen molar-refractivity contribution in [1.29, 1.82) is 0 Å². The number of morpholine rings is 1. The van der Waals surface area contributed by atoms with Gasteiger partial charge in [0, 0.05) is 25.2 Å². The highest BCUT2D eigenvalue weighted by molar-refractivity contribution is 6.05. The molecule has 0 bridgehead atoms. The number of carbonyl (C=O) groups is 1. The van der Waals surface area contributed by atoms with E-state index in [-0.39, 0.29) is 12.0 Å². The number of amides is 1. The van der Waals surface area contributed by atoms with Crippen LogP contribution in [0.25, 0.3) is 17.1 Å². The first-order valence-corrected chi connectivity index (χ1v) is 13.0. The standard InChI is InChI=1S/C27H28N8O3/c1-17-13-33(7-9-37-17)24-12-28-21(11-23(24)34-14-22(30-16-34)18-5-6-18)27(36)32-20-4-2-3-19-25(20)38-10-8-35-26(19)29-15-31-35/h2-4,11-12,14-18H,5-10,13H2,1H3,(H,32,36)/t17-/m0/s1. The van der Waals surface area contributed by atoms with Gasteiger partial charge in [0.2, 0.25) is 0 Å². The molecule has 3 aliphatic rings. The van der Waals surface area contributed by atoms with Crippen molar-refractivity contribution in [3.05, 3.63) is 60.7 Å². The number of benzene rings is 1. The first-order valence-electron chi connectivity index (χ1n) is 13.0. The van der Waals surface area contributed by atoms with Crippen LogP contribution in [0.2, 0.25) is 0 Å². The van der Waals surface area contributed by atoms with Crippen LogP contribution in [0.1, 0.15) is 41.9 Å². The lowest BCUT2D eigenvalue weighted by Crippen LogP contribution is -2.41. The normalized spacial score (nSPS) is 18.8. The molecule has 4 aromatic rings. The van der Waals surface area contributed by atoms with Crippen LogP contribution in [-0.4, -0.2) is 67.6 Å². The molecule has 11 heteroatoms. The summed E-state index contributed by atoms with van der Waals surface area (Å²) in [6.45, 7) is 5.23. The summed E-state index contributed by atoms with van der Waals surface area (Å²) in [7, 11) is 0. The van der Waals surface area contributed by atoms with Crippen molar-refractivity contribution < 1.29 is 14.3 Å². The Balaban J connectivity index is 1.23. The number of imidazole rings is 1. The Morgan fingerprint density at radius 1 is 1.11 bits per heavy atom. The molecule has 2 fully saturated rings. The fourth-order valence-corrected chi connectivity index (χ4v) is 5.13. The van der Waals surface area contributed by atoms with Gasteiger partial charge in [-0.3, -0.25) is 4.79 Å². The number of anilines is 2. The first-order chi connectivity index (χ1) is 18.6. The number of nitrogens with zero attached hydrogens (tertiary/aromatic N) is 7. The Kier molecular flexibility index (Phi) is 5.58. The average molecular weight is 513 g/mol. The summed E-state index contributed by atoms with van der Waals surface area (Å²) in [5.41, 5.74) is 4.57. The lowest BCUT2D eigenvalue weighted by Gasteiger charge is -2.34. The van der Waals surface area contributed by atoms with Gasteiger partial charge >= 0.3 is 0 Å². The molecule has 194 valence electrons. The molecule has 1 saturated carbocycles. The highest BCUT2D eigenvalue weighted by Gasteiger charge is 2.28. The van der Waals surface area contributed by atoms with Gasteiger partial charge in [0.05, 0.1) is 60.1 Å². The van der Waals surface area contributed by atoms with Gasteiger partial charge in [0.15, 0.2) is 11.6 Å². The Morgan fingerprint density at radius 2 is 2.03 bits per heavy atom. The molecule has 1 amide bonds. The predicted molar refractivity (Wildman–Crippen MR) is 140 cm³/mol. The molecule has 2 aliphatic heterocycles. The number of hydrogen-bond acceptors (Lipinski definition) is 8. The topological polar surface area (TPSA) is 112 Å². The van der Waals surface area contributed by atoms with Crippen molar-refractivity contribution in [2.45, 2.75) is 38.3 Å². The number of fused-ring (bicyclic) bond motifs is 3. The number of ether oxygens (including phenoxy) is 2. The molecule has 38 heavy (non-hydrogen) atoms. The fourth-order valence-electron chi connectivity index (χ4n) is 5.13. The van der Waals surface area contributed by atoms with Crippen LogP contribution in [0.3, 0.4) is 0 Å². The van der Waals surface area contributed by atoms with Crippen molar-refractivity contribution in [3.8, 4) is 22.8 Å². The summed E-state index contributed by atoms with van der Waals surface area (Å²) in [4.78, 5) is 29.4. The molecule has 1 N–H and O–H groups in total. The molecule has 7 rings (SSSR count). The number of hydrogen-bond donors (Lipinski definition) is 1. The van der Waals surface area contributed by atoms with E-state index in [0.717, 1.165) is 35.7 Å². The van der Waals surface area contributed by atoms with Gasteiger partial charge in [-0.15, -0.1) is 0 Å². The Hall–Kier alpha value is -4.25. The maximum absolute atomic E-state index is 13.5. The van der Waals surface area contributed by atoms with Crippen LogP contribution in [0.15, 0.2) is 49.3 Å². The summed E-state index contributed by atoms with van der Waals surface area (Å²) in [5, 5.41) is 7.28. The van der Waals surface area contributed by atoms with E-state index in [4.69, 9.17) is 9.47 Å². The van der Waals surface area contributed by atoms with E-state index >= 15 is 0 Å². The van der Waals surface area contributed by atoms with Gasteiger partial charge in [0.25, 0.3) is 5.91 Å². The minimum absolute atomic E-state index is 0.114. The predicted octanol–water partition coefficient (Wildman–Crippen LogP) is 3.27. The van der Waals surface area contributed by atoms with Crippen molar-refractivity contribution in [1.82, 2.24) is 29.3 Å². The summed E-state index contributed by atoms with van der Waals surface area (Å²) in [6, 6.07) is 7.45. The zero-order valence-corrected chi connectivity index (χ0v) is 21.1. The van der Waals surface area contributed by atoms with Gasteiger partial charge in [-0.2, -0.15) is 5.10 Å². The zero-order valence-electron chi connectivity index (χ0n) is 21.1. The number of pyridine rings is 1. The average Bonchev–Trinajstić information content (AvgIpc) is 3.53. The third kappa shape index (κ3) is 4.18. The number of aromatic nitrogens is 6. The number of nitrogens with one attached hydrogen (secondary N) is 1. The van der Waals surface area contributed by atoms with Crippen LogP contribution >= 0.6 is 0 Å². The summed E-state index contributed by atoms with van der Waals surface area (Å²) < 4.78 is 15.6. The SMILES string of the molecule is C[C@H]1CN(c2cnc(C(=O)Nc3cccc4c3OCCn3ncnc3-4)cc2-n2cnc(C3CC3)c2)CCO1. The minimum atomic E-state index is -0.321. The second-order valence-electron chi connectivity index (χ2n) is 9.96. The third-order valence-corrected chi connectivity index (χ3v) is 7.22. The fraction of sp³-hybridized carbons (Fsp3) is 0.370. The molecular formula is C27H28N8O3. The molecule has 1 aromatic carbocycles. The van der Waals surface area contributed by atoms with Crippen LogP contribution in [0, 0.1) is 0 Å². The van der Waals surface area contributed by atoms with Crippen LogP contribution < -0.4 is 15.0 Å². The molecule has 1 atom stereocenters. The number of carbonyl (C=O) groups excluding carboxylic acids is 1. The molecule has 1 aliphatic carbocycles. The van der Waals surface area contributed by atoms with Crippen molar-refractivity contribution >= 4 is 17.3 Å². The van der Waals surface area contributed by atoms with Gasteiger partial charge in [-0.1, -0.05) is 6.07 Å². The highest BCUT2D eigenvalue weighted by atomic mass is 16.5. The molecule has 11 nitrogen and oxygen atoms in total. The van der Waals surface area contributed by atoms with E-state index in [1.165, 1.54) is 19.2 Å². The monoisotopic (exact) mass is 512 g/mol. The van der Waals surface area contributed by atoms with E-state index in [2.05, 4.69) is 43.4 Å². The van der Waals surface area contributed by atoms with Crippen molar-refractivity contribution in [3.63, 3.8) is 0 Å². The van der Waals surface area contributed by atoms with Gasteiger partial charge in [-0.05, 0) is 38.0 Å². The maximum Gasteiger partial charge on any atom is 0.274 e. The molecule has 1 saturated heterocycles.